The number of carbonyl (C=O) groups is 1. The Balaban J connectivity index is 1.81. The van der Waals surface area contributed by atoms with Crippen molar-refractivity contribution >= 4 is 16.0 Å². The Morgan fingerprint density at radius 1 is 1.29 bits per heavy atom. The topological polar surface area (TPSA) is 86.7 Å². The van der Waals surface area contributed by atoms with Crippen LogP contribution in [0.1, 0.15) is 28.8 Å². The fourth-order valence-corrected chi connectivity index (χ4v) is 3.29. The number of nitrogens with zero attached hydrogens (tertiary/aromatic N) is 1. The van der Waals surface area contributed by atoms with E-state index in [-0.39, 0.29) is 5.56 Å². The Morgan fingerprint density at radius 3 is 2.33 bits per heavy atom. The monoisotopic (exact) mass is 312 g/mol. The normalized spacial score (nSPS) is 17.8. The van der Waals surface area contributed by atoms with Gasteiger partial charge in [0, 0.05) is 25.7 Å². The Labute approximate surface area is 124 Å². The Hall–Kier alpha value is -1.44. The van der Waals surface area contributed by atoms with Crippen molar-refractivity contribution in [2.45, 2.75) is 25.4 Å². The SMILES string of the molecule is CS(=O)(=O)N1CCC(NCc2ccc(C(=O)O)cc2)CC1. The number of benzene rings is 1. The molecule has 1 aromatic carbocycles. The minimum absolute atomic E-state index is 0.278. The lowest BCUT2D eigenvalue weighted by Crippen LogP contribution is -2.44. The maximum absolute atomic E-state index is 11.4. The number of hydrogen-bond acceptors (Lipinski definition) is 4. The van der Waals surface area contributed by atoms with E-state index in [1.54, 1.807) is 24.3 Å². The van der Waals surface area contributed by atoms with Crippen LogP contribution >= 0.6 is 0 Å². The molecule has 0 unspecified atom stereocenters. The molecule has 1 saturated heterocycles. The first-order valence-corrected chi connectivity index (χ1v) is 8.72. The molecular weight excluding hydrogens is 292 g/mol. The van der Waals surface area contributed by atoms with Gasteiger partial charge < -0.3 is 10.4 Å². The number of carboxylic acid groups (broad SMARTS) is 1. The third-order valence-electron chi connectivity index (χ3n) is 3.72. The van der Waals surface area contributed by atoms with Crippen LogP contribution in [0.2, 0.25) is 0 Å². The summed E-state index contributed by atoms with van der Waals surface area (Å²) in [6.07, 6.45) is 2.82. The van der Waals surface area contributed by atoms with Crippen LogP contribution in [0.15, 0.2) is 24.3 Å². The molecule has 0 atom stereocenters. The summed E-state index contributed by atoms with van der Waals surface area (Å²) in [4.78, 5) is 10.8. The van der Waals surface area contributed by atoms with Crippen molar-refractivity contribution in [2.24, 2.45) is 0 Å². The van der Waals surface area contributed by atoms with Crippen LogP contribution < -0.4 is 5.32 Å². The molecule has 1 aliphatic heterocycles. The molecule has 0 aromatic heterocycles. The summed E-state index contributed by atoms with van der Waals surface area (Å²) in [6.45, 7) is 1.76. The highest BCUT2D eigenvalue weighted by Crippen LogP contribution is 2.14. The van der Waals surface area contributed by atoms with Crippen molar-refractivity contribution in [3.63, 3.8) is 0 Å². The summed E-state index contributed by atoms with van der Waals surface area (Å²) in [7, 11) is -3.08. The van der Waals surface area contributed by atoms with E-state index in [1.807, 2.05) is 0 Å². The van der Waals surface area contributed by atoms with E-state index in [0.29, 0.717) is 25.7 Å². The van der Waals surface area contributed by atoms with Crippen molar-refractivity contribution < 1.29 is 18.3 Å². The van der Waals surface area contributed by atoms with Gasteiger partial charge in [-0.05, 0) is 30.5 Å². The van der Waals surface area contributed by atoms with Gasteiger partial charge in [-0.1, -0.05) is 12.1 Å². The molecule has 1 aromatic rings. The van der Waals surface area contributed by atoms with Crippen LogP contribution in [0.4, 0.5) is 0 Å². The van der Waals surface area contributed by atoms with Crippen molar-refractivity contribution in [1.82, 2.24) is 9.62 Å². The number of aromatic carboxylic acids is 1. The van der Waals surface area contributed by atoms with Gasteiger partial charge in [-0.15, -0.1) is 0 Å². The molecule has 1 aliphatic rings. The molecule has 21 heavy (non-hydrogen) atoms. The summed E-state index contributed by atoms with van der Waals surface area (Å²) < 4.78 is 24.3. The van der Waals surface area contributed by atoms with Crippen molar-refractivity contribution in [2.75, 3.05) is 19.3 Å². The largest absolute Gasteiger partial charge is 0.478 e. The summed E-state index contributed by atoms with van der Waals surface area (Å²) in [6, 6.07) is 7.06. The number of piperidine rings is 1. The molecular formula is C14H20N2O4S. The third-order valence-corrected chi connectivity index (χ3v) is 5.02. The third kappa shape index (κ3) is 4.52. The minimum atomic E-state index is -3.08. The molecule has 0 aliphatic carbocycles. The molecule has 1 fully saturated rings. The summed E-state index contributed by atoms with van der Waals surface area (Å²) >= 11 is 0. The Morgan fingerprint density at radius 2 is 1.86 bits per heavy atom. The van der Waals surface area contributed by atoms with Crippen molar-refractivity contribution in [3.05, 3.63) is 35.4 Å². The molecule has 2 rings (SSSR count). The Kier molecular flexibility index (Phi) is 4.97. The van der Waals surface area contributed by atoms with Crippen LogP contribution in [-0.2, 0) is 16.6 Å². The van der Waals surface area contributed by atoms with E-state index in [2.05, 4.69) is 5.32 Å². The van der Waals surface area contributed by atoms with Gasteiger partial charge in [0.05, 0.1) is 11.8 Å². The fourth-order valence-electron chi connectivity index (χ4n) is 2.42. The number of carboxylic acids is 1. The molecule has 1 heterocycles. The molecule has 2 N–H and O–H groups in total. The smallest absolute Gasteiger partial charge is 0.335 e. The zero-order valence-electron chi connectivity index (χ0n) is 11.9. The summed E-state index contributed by atoms with van der Waals surface area (Å²) in [5.74, 6) is -0.928. The second kappa shape index (κ2) is 6.55. The number of hydrogen-bond donors (Lipinski definition) is 2. The van der Waals surface area contributed by atoms with E-state index < -0.39 is 16.0 Å². The Bertz CT molecular complexity index is 590. The molecule has 7 heteroatoms. The van der Waals surface area contributed by atoms with Gasteiger partial charge in [-0.25, -0.2) is 17.5 Å². The lowest BCUT2D eigenvalue weighted by atomic mass is 10.1. The van der Waals surface area contributed by atoms with Gasteiger partial charge in [-0.2, -0.15) is 0 Å². The molecule has 116 valence electrons. The molecule has 6 nitrogen and oxygen atoms in total. The van der Waals surface area contributed by atoms with Crippen molar-refractivity contribution in [1.29, 1.82) is 0 Å². The molecule has 0 radical (unpaired) electrons. The highest BCUT2D eigenvalue weighted by atomic mass is 32.2. The predicted molar refractivity (Wildman–Crippen MR) is 79.7 cm³/mol. The molecule has 0 spiro atoms. The first kappa shape index (κ1) is 15.9. The summed E-state index contributed by atoms with van der Waals surface area (Å²) in [5.41, 5.74) is 1.30. The first-order valence-electron chi connectivity index (χ1n) is 6.87. The standard InChI is InChI=1S/C14H20N2O4S/c1-21(19,20)16-8-6-13(7-9-16)15-10-11-2-4-12(5-3-11)14(17)18/h2-5,13,15H,6-10H2,1H3,(H,17,18). The van der Waals surface area contributed by atoms with Gasteiger partial charge in [0.25, 0.3) is 0 Å². The van der Waals surface area contributed by atoms with Crippen LogP contribution in [-0.4, -0.2) is 49.2 Å². The van der Waals surface area contributed by atoms with Gasteiger partial charge in [-0.3, -0.25) is 0 Å². The molecule has 0 saturated carbocycles. The lowest BCUT2D eigenvalue weighted by molar-refractivity contribution is 0.0697. The van der Waals surface area contributed by atoms with Crippen LogP contribution in [0, 0.1) is 0 Å². The van der Waals surface area contributed by atoms with E-state index in [4.69, 9.17) is 5.11 Å². The van der Waals surface area contributed by atoms with Gasteiger partial charge in [0.1, 0.15) is 0 Å². The zero-order chi connectivity index (χ0) is 15.5. The second-order valence-electron chi connectivity index (χ2n) is 5.32. The minimum Gasteiger partial charge on any atom is -0.478 e. The van der Waals surface area contributed by atoms with E-state index >= 15 is 0 Å². The number of nitrogens with one attached hydrogen (secondary N) is 1. The van der Waals surface area contributed by atoms with Crippen molar-refractivity contribution in [3.8, 4) is 0 Å². The predicted octanol–water partition coefficient (Wildman–Crippen LogP) is 0.898. The molecule has 0 bridgehead atoms. The maximum Gasteiger partial charge on any atom is 0.335 e. The summed E-state index contributed by atoms with van der Waals surface area (Å²) in [5, 5.41) is 12.2. The second-order valence-corrected chi connectivity index (χ2v) is 7.30. The average molecular weight is 312 g/mol. The first-order chi connectivity index (χ1) is 9.86. The van der Waals surface area contributed by atoms with E-state index in [0.717, 1.165) is 18.4 Å². The van der Waals surface area contributed by atoms with Crippen LogP contribution in [0.3, 0.4) is 0 Å². The number of rotatable bonds is 5. The lowest BCUT2D eigenvalue weighted by Gasteiger charge is -2.30. The van der Waals surface area contributed by atoms with Gasteiger partial charge >= 0.3 is 5.97 Å². The van der Waals surface area contributed by atoms with Crippen LogP contribution in [0.25, 0.3) is 0 Å². The van der Waals surface area contributed by atoms with Gasteiger partial charge in [0.2, 0.25) is 10.0 Å². The maximum atomic E-state index is 11.4. The zero-order valence-corrected chi connectivity index (χ0v) is 12.8. The average Bonchev–Trinajstić information content (AvgIpc) is 2.45. The van der Waals surface area contributed by atoms with Gasteiger partial charge in [0.15, 0.2) is 0 Å². The van der Waals surface area contributed by atoms with E-state index in [1.165, 1.54) is 10.6 Å². The quantitative estimate of drug-likeness (QED) is 0.843. The highest BCUT2D eigenvalue weighted by molar-refractivity contribution is 7.88. The number of sulfonamides is 1. The van der Waals surface area contributed by atoms with E-state index in [9.17, 15) is 13.2 Å². The highest BCUT2D eigenvalue weighted by Gasteiger charge is 2.24. The van der Waals surface area contributed by atoms with Crippen LogP contribution in [0.5, 0.6) is 0 Å². The fraction of sp³-hybridized carbons (Fsp3) is 0.500. The molecule has 0 amide bonds.